The van der Waals surface area contributed by atoms with Gasteiger partial charge in [-0.1, -0.05) is 67.1 Å². The number of carbonyl (C=O) groups excluding carboxylic acids is 3. The minimum Gasteiger partial charge on any atom is -0.370 e. The topological polar surface area (TPSA) is 155 Å². The molecule has 0 radical (unpaired) electrons. The fourth-order valence-corrected chi connectivity index (χ4v) is 5.88. The highest BCUT2D eigenvalue weighted by Gasteiger charge is 2.34. The Labute approximate surface area is 258 Å². The predicted octanol–water partition coefficient (Wildman–Crippen LogP) is 2.84. The minimum atomic E-state index is -0.479. The van der Waals surface area contributed by atoms with E-state index in [1.807, 2.05) is 77.7 Å². The average molecular weight is 598 g/mol. The molecule has 1 aliphatic heterocycles. The number of nitrogens with two attached hydrogens (primary N) is 2. The van der Waals surface area contributed by atoms with Gasteiger partial charge in [-0.2, -0.15) is 0 Å². The van der Waals surface area contributed by atoms with Gasteiger partial charge in [0.25, 0.3) is 5.91 Å². The van der Waals surface area contributed by atoms with Crippen molar-refractivity contribution in [2.24, 2.45) is 22.4 Å². The number of guanidine groups is 1. The number of nitrogens with one attached hydrogen (secondary N) is 3. The zero-order valence-electron chi connectivity index (χ0n) is 25.1. The highest BCUT2D eigenvalue weighted by Crippen LogP contribution is 2.28. The first kappa shape index (κ1) is 31.0. The normalized spacial score (nSPS) is 19.5. The van der Waals surface area contributed by atoms with E-state index < -0.39 is 6.04 Å². The highest BCUT2D eigenvalue weighted by molar-refractivity contribution is 5.98. The van der Waals surface area contributed by atoms with Crippen molar-refractivity contribution in [3.05, 3.63) is 83.9 Å². The van der Waals surface area contributed by atoms with E-state index in [-0.39, 0.29) is 41.7 Å². The van der Waals surface area contributed by atoms with Crippen LogP contribution in [0.5, 0.6) is 0 Å². The molecular formula is C34H43N7O3. The van der Waals surface area contributed by atoms with Gasteiger partial charge in [0.05, 0.1) is 12.1 Å². The van der Waals surface area contributed by atoms with Gasteiger partial charge in [0.1, 0.15) is 0 Å². The molecule has 0 aromatic heterocycles. The van der Waals surface area contributed by atoms with Gasteiger partial charge < -0.3 is 32.3 Å². The summed E-state index contributed by atoms with van der Waals surface area (Å²) in [5, 5.41) is 11.9. The number of hydrogen-bond donors (Lipinski definition) is 5. The van der Waals surface area contributed by atoms with Crippen molar-refractivity contribution in [3.63, 3.8) is 0 Å². The van der Waals surface area contributed by atoms with E-state index in [0.29, 0.717) is 51.0 Å². The average Bonchev–Trinajstić information content (AvgIpc) is 3.15. The van der Waals surface area contributed by atoms with E-state index in [4.69, 9.17) is 11.5 Å². The summed E-state index contributed by atoms with van der Waals surface area (Å²) in [6.45, 7) is 1.65. The van der Waals surface area contributed by atoms with Crippen LogP contribution < -0.4 is 27.4 Å². The van der Waals surface area contributed by atoms with E-state index in [9.17, 15) is 14.4 Å². The van der Waals surface area contributed by atoms with E-state index in [0.717, 1.165) is 35.6 Å². The summed E-state index contributed by atoms with van der Waals surface area (Å²) in [4.78, 5) is 45.9. The highest BCUT2D eigenvalue weighted by atomic mass is 16.2. The molecule has 7 N–H and O–H groups in total. The molecule has 2 fully saturated rings. The van der Waals surface area contributed by atoms with E-state index >= 15 is 0 Å². The van der Waals surface area contributed by atoms with Crippen LogP contribution >= 0.6 is 0 Å². The molecule has 5 rings (SSSR count). The maximum Gasteiger partial charge on any atom is 0.251 e. The van der Waals surface area contributed by atoms with Crippen molar-refractivity contribution in [2.75, 3.05) is 26.2 Å². The molecule has 232 valence electrons. The molecule has 1 saturated heterocycles. The first-order chi connectivity index (χ1) is 21.4. The van der Waals surface area contributed by atoms with Crippen molar-refractivity contribution in [1.29, 1.82) is 0 Å². The molecule has 1 aliphatic carbocycles. The van der Waals surface area contributed by atoms with Gasteiger partial charge in [-0.05, 0) is 60.6 Å². The molecule has 3 aromatic carbocycles. The Hall–Kier alpha value is -4.44. The number of nitrogens with zero attached hydrogens (tertiary/aromatic N) is 2. The molecular weight excluding hydrogens is 554 g/mol. The van der Waals surface area contributed by atoms with Crippen LogP contribution in [0, 0.1) is 5.92 Å². The Morgan fingerprint density at radius 1 is 0.977 bits per heavy atom. The number of amides is 3. The summed E-state index contributed by atoms with van der Waals surface area (Å²) in [7, 11) is 0. The monoisotopic (exact) mass is 597 g/mol. The van der Waals surface area contributed by atoms with Gasteiger partial charge in [-0.25, -0.2) is 0 Å². The first-order valence-electron chi connectivity index (χ1n) is 15.6. The number of rotatable bonds is 12. The Morgan fingerprint density at radius 3 is 2.45 bits per heavy atom. The summed E-state index contributed by atoms with van der Waals surface area (Å²) >= 11 is 0. The maximum absolute atomic E-state index is 13.9. The van der Waals surface area contributed by atoms with Crippen LogP contribution in [0.4, 0.5) is 0 Å². The van der Waals surface area contributed by atoms with Crippen molar-refractivity contribution in [2.45, 2.75) is 56.7 Å². The van der Waals surface area contributed by atoms with Crippen LogP contribution in [0.15, 0.2) is 77.8 Å². The van der Waals surface area contributed by atoms with Gasteiger partial charge in [-0.15, -0.1) is 0 Å². The SMILES string of the molecule is NC(N)=NCCC[C@H]1N[C@@H](CNC(=O)c2ccc3ccccc3c2)CCN(CC(NC(=O)C2CCC2)c2ccccc2)C1=O. The molecule has 3 aromatic rings. The third-order valence-corrected chi connectivity index (χ3v) is 8.66. The van der Waals surface area contributed by atoms with Crippen LogP contribution in [-0.4, -0.2) is 66.8 Å². The van der Waals surface area contributed by atoms with Crippen LogP contribution in [0.2, 0.25) is 0 Å². The van der Waals surface area contributed by atoms with Gasteiger partial charge >= 0.3 is 0 Å². The second kappa shape index (κ2) is 14.8. The van der Waals surface area contributed by atoms with E-state index in [2.05, 4.69) is 20.9 Å². The summed E-state index contributed by atoms with van der Waals surface area (Å²) in [5.74, 6) is -0.0712. The third kappa shape index (κ3) is 8.13. The van der Waals surface area contributed by atoms with Crippen LogP contribution in [0.3, 0.4) is 0 Å². The zero-order valence-corrected chi connectivity index (χ0v) is 25.1. The first-order valence-corrected chi connectivity index (χ1v) is 15.6. The number of hydrogen-bond acceptors (Lipinski definition) is 5. The van der Waals surface area contributed by atoms with Crippen molar-refractivity contribution in [1.82, 2.24) is 20.9 Å². The third-order valence-electron chi connectivity index (χ3n) is 8.66. The summed E-state index contributed by atoms with van der Waals surface area (Å²) in [5.41, 5.74) is 12.6. The molecule has 10 nitrogen and oxygen atoms in total. The molecule has 44 heavy (non-hydrogen) atoms. The van der Waals surface area contributed by atoms with Gasteiger partial charge in [-0.3, -0.25) is 19.4 Å². The second-order valence-electron chi connectivity index (χ2n) is 11.8. The van der Waals surface area contributed by atoms with Crippen molar-refractivity contribution in [3.8, 4) is 0 Å². The van der Waals surface area contributed by atoms with Crippen molar-refractivity contribution < 1.29 is 14.4 Å². The molecule has 1 heterocycles. The number of carbonyl (C=O) groups is 3. The van der Waals surface area contributed by atoms with Gasteiger partial charge in [0, 0.05) is 43.7 Å². The number of aliphatic imine (C=N–C) groups is 1. The quantitative estimate of drug-likeness (QED) is 0.123. The lowest BCUT2D eigenvalue weighted by molar-refractivity contribution is -0.134. The van der Waals surface area contributed by atoms with Crippen molar-refractivity contribution >= 4 is 34.5 Å². The molecule has 10 heteroatoms. The van der Waals surface area contributed by atoms with Gasteiger partial charge in [0.15, 0.2) is 5.96 Å². The second-order valence-corrected chi connectivity index (χ2v) is 11.8. The lowest BCUT2D eigenvalue weighted by Gasteiger charge is -2.32. The fourth-order valence-electron chi connectivity index (χ4n) is 5.88. The summed E-state index contributed by atoms with van der Waals surface area (Å²) < 4.78 is 0. The summed E-state index contributed by atoms with van der Waals surface area (Å²) in [6.07, 6.45) is 4.68. The number of benzene rings is 3. The van der Waals surface area contributed by atoms with Crippen LogP contribution in [0.1, 0.15) is 60.5 Å². The Kier molecular flexibility index (Phi) is 10.5. The Morgan fingerprint density at radius 2 is 1.73 bits per heavy atom. The number of fused-ring (bicyclic) bond motifs is 1. The lowest BCUT2D eigenvalue weighted by atomic mass is 9.84. The molecule has 3 amide bonds. The molecule has 2 aliphatic rings. The van der Waals surface area contributed by atoms with E-state index in [1.165, 1.54) is 0 Å². The zero-order chi connectivity index (χ0) is 30.9. The minimum absolute atomic E-state index is 0.0222. The van der Waals surface area contributed by atoms with E-state index in [1.54, 1.807) is 0 Å². The van der Waals surface area contributed by atoms with Crippen LogP contribution in [0.25, 0.3) is 10.8 Å². The fraction of sp³-hybridized carbons (Fsp3) is 0.412. The molecule has 3 atom stereocenters. The Balaban J connectivity index is 1.28. The molecule has 1 saturated carbocycles. The summed E-state index contributed by atoms with van der Waals surface area (Å²) in [6, 6.07) is 22.5. The predicted molar refractivity (Wildman–Crippen MR) is 173 cm³/mol. The largest absolute Gasteiger partial charge is 0.370 e. The molecule has 1 unspecified atom stereocenters. The lowest BCUT2D eigenvalue weighted by Crippen LogP contribution is -2.50. The van der Waals surface area contributed by atoms with Crippen LogP contribution in [-0.2, 0) is 9.59 Å². The standard InChI is InChI=1S/C34H43N7O3/c35-34(36)37-18-7-14-29-33(44)41(22-30(24-9-2-1-3-10-24)40-32(43)25-12-6-13-25)19-17-28(39-29)21-38-31(42)27-16-15-23-8-4-5-11-26(23)20-27/h1-5,8-11,15-16,20,25,28-30,39H,6-7,12-14,17-19,21-22H2,(H,38,42)(H,40,43)(H4,35,36,37)/t28-,29-,30?/m1/s1. The Bertz CT molecular complexity index is 1470. The maximum atomic E-state index is 13.9. The molecule has 0 bridgehead atoms. The smallest absolute Gasteiger partial charge is 0.251 e. The van der Waals surface area contributed by atoms with Gasteiger partial charge in [0.2, 0.25) is 11.8 Å². The molecule has 0 spiro atoms.